The second-order valence-electron chi connectivity index (χ2n) is 6.16. The van der Waals surface area contributed by atoms with E-state index in [1.165, 1.54) is 0 Å². The predicted octanol–water partition coefficient (Wildman–Crippen LogP) is 1.64. The van der Waals surface area contributed by atoms with Crippen LogP contribution in [0.25, 0.3) is 0 Å². The molecule has 2 N–H and O–H groups in total. The fraction of sp³-hybridized carbons (Fsp3) is 0.562. The van der Waals surface area contributed by atoms with Crippen molar-refractivity contribution in [3.63, 3.8) is 0 Å². The molecule has 4 atom stereocenters. The van der Waals surface area contributed by atoms with E-state index in [9.17, 15) is 9.18 Å². The first-order valence-electron chi connectivity index (χ1n) is 7.89. The molecular weight excluding hydrogens is 299 g/mol. The molecule has 2 aliphatic rings. The number of fused-ring (bicyclic) bond motifs is 1. The molecule has 6 nitrogen and oxygen atoms in total. The minimum absolute atomic E-state index is 0.134. The smallest absolute Gasteiger partial charge is 0.309 e. The lowest BCUT2D eigenvalue weighted by Gasteiger charge is -2.31. The summed E-state index contributed by atoms with van der Waals surface area (Å²) >= 11 is 0. The van der Waals surface area contributed by atoms with Gasteiger partial charge in [0.1, 0.15) is 0 Å². The molecule has 0 saturated carbocycles. The Morgan fingerprint density at radius 1 is 1.48 bits per heavy atom. The second-order valence-corrected chi connectivity index (χ2v) is 6.16. The first kappa shape index (κ1) is 15.7. The number of allylic oxidation sites excluding steroid dienone is 1. The molecule has 1 aliphatic carbocycles. The minimum Gasteiger partial charge on any atom is -0.466 e. The van der Waals surface area contributed by atoms with E-state index in [1.54, 1.807) is 0 Å². The van der Waals surface area contributed by atoms with Gasteiger partial charge in [0.05, 0.1) is 18.7 Å². The average molecular weight is 320 g/mol. The van der Waals surface area contributed by atoms with Crippen molar-refractivity contribution in [3.8, 4) is 0 Å². The first-order chi connectivity index (χ1) is 11.0. The van der Waals surface area contributed by atoms with Gasteiger partial charge >= 0.3 is 5.97 Å². The number of nitrogens with two attached hydrogens (primary N) is 1. The SMILES string of the molecule is CCOC(=O)[C@@H]1[C@H]2CN(c3ncc(F)c(N)n3)C[C@@H]2C=C[C@@H]1C. The summed E-state index contributed by atoms with van der Waals surface area (Å²) in [6.45, 7) is 5.55. The number of carbonyl (C=O) groups is 1. The quantitative estimate of drug-likeness (QED) is 0.673. The van der Waals surface area contributed by atoms with E-state index in [-0.39, 0.29) is 35.5 Å². The number of nitrogens with zero attached hydrogens (tertiary/aromatic N) is 3. The highest BCUT2D eigenvalue weighted by molar-refractivity contribution is 5.74. The van der Waals surface area contributed by atoms with Gasteiger partial charge in [0.15, 0.2) is 11.6 Å². The zero-order chi connectivity index (χ0) is 16.6. The second kappa shape index (κ2) is 6.14. The van der Waals surface area contributed by atoms with Gasteiger partial charge in [-0.2, -0.15) is 4.98 Å². The van der Waals surface area contributed by atoms with E-state index in [4.69, 9.17) is 10.5 Å². The normalized spacial score (nSPS) is 29.4. The van der Waals surface area contributed by atoms with Gasteiger partial charge in [0.2, 0.25) is 5.95 Å². The zero-order valence-electron chi connectivity index (χ0n) is 13.3. The van der Waals surface area contributed by atoms with Crippen LogP contribution in [0.2, 0.25) is 0 Å². The predicted molar refractivity (Wildman–Crippen MR) is 84.0 cm³/mol. The summed E-state index contributed by atoms with van der Waals surface area (Å²) in [5, 5.41) is 0. The van der Waals surface area contributed by atoms with Gasteiger partial charge in [-0.25, -0.2) is 9.37 Å². The lowest BCUT2D eigenvalue weighted by molar-refractivity contribution is -0.151. The molecule has 7 heteroatoms. The molecule has 0 amide bonds. The number of hydrogen-bond donors (Lipinski definition) is 1. The molecule has 1 aliphatic heterocycles. The molecule has 0 unspecified atom stereocenters. The van der Waals surface area contributed by atoms with Gasteiger partial charge in [-0.3, -0.25) is 4.79 Å². The van der Waals surface area contributed by atoms with E-state index in [0.717, 1.165) is 6.20 Å². The maximum absolute atomic E-state index is 13.2. The van der Waals surface area contributed by atoms with Crippen LogP contribution in [0, 0.1) is 29.5 Å². The number of carbonyl (C=O) groups excluding carboxylic acids is 1. The average Bonchev–Trinajstić information content (AvgIpc) is 2.94. The van der Waals surface area contributed by atoms with E-state index in [2.05, 4.69) is 22.1 Å². The molecule has 0 bridgehead atoms. The fourth-order valence-electron chi connectivity index (χ4n) is 3.58. The summed E-state index contributed by atoms with van der Waals surface area (Å²) < 4.78 is 18.5. The maximum Gasteiger partial charge on any atom is 0.309 e. The monoisotopic (exact) mass is 320 g/mol. The Morgan fingerprint density at radius 3 is 2.96 bits per heavy atom. The van der Waals surface area contributed by atoms with Crippen LogP contribution in [0.15, 0.2) is 18.3 Å². The van der Waals surface area contributed by atoms with E-state index in [0.29, 0.717) is 25.6 Å². The number of rotatable bonds is 3. The molecule has 1 fully saturated rings. The van der Waals surface area contributed by atoms with E-state index >= 15 is 0 Å². The van der Waals surface area contributed by atoms with Gasteiger partial charge < -0.3 is 15.4 Å². The highest BCUT2D eigenvalue weighted by Crippen LogP contribution is 2.40. The summed E-state index contributed by atoms with van der Waals surface area (Å²) in [5.41, 5.74) is 5.53. The van der Waals surface area contributed by atoms with Gasteiger partial charge in [-0.15, -0.1) is 0 Å². The van der Waals surface area contributed by atoms with Crippen molar-refractivity contribution in [2.45, 2.75) is 13.8 Å². The van der Waals surface area contributed by atoms with E-state index in [1.807, 2.05) is 18.7 Å². The number of aromatic nitrogens is 2. The van der Waals surface area contributed by atoms with Crippen molar-refractivity contribution in [1.82, 2.24) is 9.97 Å². The Bertz CT molecular complexity index is 637. The lowest BCUT2D eigenvalue weighted by Crippen LogP contribution is -2.37. The third-order valence-corrected chi connectivity index (χ3v) is 4.70. The third kappa shape index (κ3) is 2.87. The van der Waals surface area contributed by atoms with Crippen LogP contribution in [0.3, 0.4) is 0 Å². The molecular formula is C16H21FN4O2. The van der Waals surface area contributed by atoms with Crippen molar-refractivity contribution in [2.75, 3.05) is 30.3 Å². The fourth-order valence-corrected chi connectivity index (χ4v) is 3.58. The van der Waals surface area contributed by atoms with Crippen LogP contribution in [-0.2, 0) is 9.53 Å². The Morgan fingerprint density at radius 2 is 2.26 bits per heavy atom. The topological polar surface area (TPSA) is 81.3 Å². The van der Waals surface area contributed by atoms with Crippen molar-refractivity contribution >= 4 is 17.7 Å². The van der Waals surface area contributed by atoms with Crippen molar-refractivity contribution in [3.05, 3.63) is 24.2 Å². The van der Waals surface area contributed by atoms with Crippen LogP contribution in [0.4, 0.5) is 16.2 Å². The number of ether oxygens (including phenoxy) is 1. The largest absolute Gasteiger partial charge is 0.466 e. The lowest BCUT2D eigenvalue weighted by atomic mass is 9.72. The number of hydrogen-bond acceptors (Lipinski definition) is 6. The Balaban J connectivity index is 1.82. The summed E-state index contributed by atoms with van der Waals surface area (Å²) in [6.07, 6.45) is 5.31. The number of anilines is 2. The maximum atomic E-state index is 13.2. The Hall–Kier alpha value is -2.18. The van der Waals surface area contributed by atoms with Crippen LogP contribution in [0.1, 0.15) is 13.8 Å². The minimum atomic E-state index is -0.622. The molecule has 0 aromatic carbocycles. The van der Waals surface area contributed by atoms with Crippen LogP contribution in [0.5, 0.6) is 0 Å². The van der Waals surface area contributed by atoms with Crippen molar-refractivity contribution < 1.29 is 13.9 Å². The molecule has 1 saturated heterocycles. The molecule has 1 aromatic rings. The summed E-state index contributed by atoms with van der Waals surface area (Å²) in [7, 11) is 0. The third-order valence-electron chi connectivity index (χ3n) is 4.70. The first-order valence-corrected chi connectivity index (χ1v) is 7.89. The Labute approximate surface area is 134 Å². The molecule has 2 heterocycles. The highest BCUT2D eigenvalue weighted by Gasteiger charge is 2.45. The number of nitrogen functional groups attached to an aromatic ring is 1. The van der Waals surface area contributed by atoms with Crippen molar-refractivity contribution in [1.29, 1.82) is 0 Å². The van der Waals surface area contributed by atoms with Gasteiger partial charge in [-0.1, -0.05) is 19.1 Å². The molecule has 0 radical (unpaired) electrons. The highest BCUT2D eigenvalue weighted by atomic mass is 19.1. The van der Waals surface area contributed by atoms with Crippen LogP contribution < -0.4 is 10.6 Å². The standard InChI is InChI=1S/C16H21FN4O2/c1-3-23-15(22)13-9(2)4-5-10-7-21(8-11(10)13)16-19-6-12(17)14(18)20-16/h4-6,9-11,13H,3,7-8H2,1-2H3,(H2,18,19,20)/t9-,10-,11-,13-/m0/s1. The summed E-state index contributed by atoms with van der Waals surface area (Å²) in [5.74, 6) is -0.191. The zero-order valence-corrected chi connectivity index (χ0v) is 13.3. The van der Waals surface area contributed by atoms with Gasteiger partial charge in [0.25, 0.3) is 0 Å². The van der Waals surface area contributed by atoms with E-state index < -0.39 is 5.82 Å². The molecule has 124 valence electrons. The molecule has 1 aromatic heterocycles. The number of esters is 1. The summed E-state index contributed by atoms with van der Waals surface area (Å²) in [4.78, 5) is 22.3. The van der Waals surface area contributed by atoms with Crippen LogP contribution >= 0.6 is 0 Å². The molecule has 23 heavy (non-hydrogen) atoms. The van der Waals surface area contributed by atoms with Gasteiger partial charge in [0, 0.05) is 13.1 Å². The van der Waals surface area contributed by atoms with Gasteiger partial charge in [-0.05, 0) is 24.7 Å². The number of halogens is 1. The molecule has 3 rings (SSSR count). The van der Waals surface area contributed by atoms with Crippen molar-refractivity contribution in [2.24, 2.45) is 23.7 Å². The van der Waals surface area contributed by atoms with Crippen LogP contribution in [-0.4, -0.2) is 35.6 Å². The Kier molecular flexibility index (Phi) is 4.19. The molecule has 0 spiro atoms. The summed E-state index contributed by atoms with van der Waals surface area (Å²) in [6, 6.07) is 0.